The van der Waals surface area contributed by atoms with Crippen molar-refractivity contribution in [2.75, 3.05) is 6.54 Å². The van der Waals surface area contributed by atoms with Crippen molar-refractivity contribution < 1.29 is 4.52 Å². The number of aromatic nitrogens is 2. The summed E-state index contributed by atoms with van der Waals surface area (Å²) in [5, 5.41) is 4.11. The number of hydrogen-bond donors (Lipinski definition) is 1. The molecule has 1 aliphatic rings. The van der Waals surface area contributed by atoms with Gasteiger partial charge in [-0.1, -0.05) is 31.8 Å². The summed E-state index contributed by atoms with van der Waals surface area (Å²) < 4.78 is 5.35. The fourth-order valence-electron chi connectivity index (χ4n) is 2.42. The van der Waals surface area contributed by atoms with Crippen molar-refractivity contribution in [3.05, 3.63) is 11.7 Å². The molecule has 1 atom stereocenters. The summed E-state index contributed by atoms with van der Waals surface area (Å²) in [7, 11) is 0. The van der Waals surface area contributed by atoms with Crippen molar-refractivity contribution in [2.24, 2.45) is 11.7 Å². The topological polar surface area (TPSA) is 64.9 Å². The van der Waals surface area contributed by atoms with Crippen molar-refractivity contribution in [3.63, 3.8) is 0 Å². The van der Waals surface area contributed by atoms with Gasteiger partial charge in [0.2, 0.25) is 5.89 Å². The maximum Gasteiger partial charge on any atom is 0.226 e. The smallest absolute Gasteiger partial charge is 0.226 e. The Morgan fingerprint density at radius 3 is 2.72 bits per heavy atom. The molecule has 1 heterocycles. The Morgan fingerprint density at radius 2 is 2.11 bits per heavy atom. The number of hydrogen-bond acceptors (Lipinski definition) is 4. The number of nitrogens with zero attached hydrogens (tertiary/aromatic N) is 2. The average molecular weight is 251 g/mol. The zero-order valence-corrected chi connectivity index (χ0v) is 11.6. The Balaban J connectivity index is 1.83. The maximum absolute atomic E-state index is 5.65. The molecule has 4 nitrogen and oxygen atoms in total. The highest BCUT2D eigenvalue weighted by atomic mass is 16.5. The van der Waals surface area contributed by atoms with Crippen LogP contribution in [0.4, 0.5) is 0 Å². The molecule has 4 heteroatoms. The van der Waals surface area contributed by atoms with E-state index >= 15 is 0 Å². The molecule has 2 rings (SSSR count). The lowest BCUT2D eigenvalue weighted by molar-refractivity contribution is 0.344. The van der Waals surface area contributed by atoms with Gasteiger partial charge in [0.15, 0.2) is 5.82 Å². The van der Waals surface area contributed by atoms with Crippen LogP contribution in [0.15, 0.2) is 4.52 Å². The molecule has 18 heavy (non-hydrogen) atoms. The first-order valence-corrected chi connectivity index (χ1v) is 7.21. The number of aryl methyl sites for hydroxylation is 1. The van der Waals surface area contributed by atoms with Crippen LogP contribution in [0.25, 0.3) is 0 Å². The predicted molar refractivity (Wildman–Crippen MR) is 71.3 cm³/mol. The van der Waals surface area contributed by atoms with Gasteiger partial charge in [0.05, 0.1) is 0 Å². The van der Waals surface area contributed by atoms with Crippen molar-refractivity contribution in [1.82, 2.24) is 10.1 Å². The van der Waals surface area contributed by atoms with E-state index in [9.17, 15) is 0 Å². The van der Waals surface area contributed by atoms with E-state index in [1.807, 2.05) is 0 Å². The van der Waals surface area contributed by atoms with Gasteiger partial charge in [-0.15, -0.1) is 0 Å². The van der Waals surface area contributed by atoms with Gasteiger partial charge in [0.25, 0.3) is 0 Å². The summed E-state index contributed by atoms with van der Waals surface area (Å²) in [6, 6.07) is 0. The maximum atomic E-state index is 5.65. The Bertz CT molecular complexity index is 365. The summed E-state index contributed by atoms with van der Waals surface area (Å²) >= 11 is 0. The number of nitrogens with two attached hydrogens (primary N) is 1. The summed E-state index contributed by atoms with van der Waals surface area (Å²) in [6.07, 6.45) is 7.96. The van der Waals surface area contributed by atoms with E-state index in [1.165, 1.54) is 25.7 Å². The summed E-state index contributed by atoms with van der Waals surface area (Å²) in [5.74, 6) is 2.41. The monoisotopic (exact) mass is 251 g/mol. The van der Waals surface area contributed by atoms with E-state index in [4.69, 9.17) is 10.3 Å². The standard InChI is InChI=1S/C14H25N3O/c1-3-4-11(7-10-15)5-6-12-16-13(17-18-12)14(2)8-9-14/h11H,3-10,15H2,1-2H3. The first-order chi connectivity index (χ1) is 8.68. The van der Waals surface area contributed by atoms with E-state index in [0.717, 1.165) is 37.5 Å². The lowest BCUT2D eigenvalue weighted by Gasteiger charge is -2.13. The molecule has 0 bridgehead atoms. The summed E-state index contributed by atoms with van der Waals surface area (Å²) in [4.78, 5) is 4.53. The van der Waals surface area contributed by atoms with Gasteiger partial charge >= 0.3 is 0 Å². The van der Waals surface area contributed by atoms with Gasteiger partial charge in [-0.3, -0.25) is 0 Å². The molecule has 2 N–H and O–H groups in total. The summed E-state index contributed by atoms with van der Waals surface area (Å²) in [6.45, 7) is 5.20. The molecule has 1 aromatic heterocycles. The lowest BCUT2D eigenvalue weighted by Crippen LogP contribution is -2.10. The van der Waals surface area contributed by atoms with E-state index < -0.39 is 0 Å². The third-order valence-electron chi connectivity index (χ3n) is 4.05. The van der Waals surface area contributed by atoms with Gasteiger partial charge < -0.3 is 10.3 Å². The molecule has 1 aromatic rings. The van der Waals surface area contributed by atoms with Crippen molar-refractivity contribution in [3.8, 4) is 0 Å². The van der Waals surface area contributed by atoms with Crippen LogP contribution in [0.1, 0.15) is 64.1 Å². The van der Waals surface area contributed by atoms with Crippen LogP contribution in [0.2, 0.25) is 0 Å². The molecule has 0 spiro atoms. The lowest BCUT2D eigenvalue weighted by atomic mass is 9.94. The van der Waals surface area contributed by atoms with Crippen LogP contribution in [0.3, 0.4) is 0 Å². The Morgan fingerprint density at radius 1 is 1.33 bits per heavy atom. The van der Waals surface area contributed by atoms with E-state index in [-0.39, 0.29) is 5.41 Å². The Labute approximate surface area is 109 Å². The van der Waals surface area contributed by atoms with E-state index in [1.54, 1.807) is 0 Å². The second kappa shape index (κ2) is 5.83. The highest BCUT2D eigenvalue weighted by Crippen LogP contribution is 2.45. The largest absolute Gasteiger partial charge is 0.339 e. The minimum atomic E-state index is 0.210. The second-order valence-electron chi connectivity index (χ2n) is 5.84. The molecule has 0 aliphatic heterocycles. The third-order valence-corrected chi connectivity index (χ3v) is 4.05. The van der Waals surface area contributed by atoms with Crippen molar-refractivity contribution >= 4 is 0 Å². The van der Waals surface area contributed by atoms with Crippen LogP contribution in [-0.4, -0.2) is 16.7 Å². The molecule has 1 saturated carbocycles. The molecule has 0 amide bonds. The van der Waals surface area contributed by atoms with Crippen LogP contribution in [0.5, 0.6) is 0 Å². The van der Waals surface area contributed by atoms with Crippen LogP contribution < -0.4 is 5.73 Å². The second-order valence-corrected chi connectivity index (χ2v) is 5.84. The van der Waals surface area contributed by atoms with E-state index in [2.05, 4.69) is 24.0 Å². The van der Waals surface area contributed by atoms with Gasteiger partial charge in [-0.2, -0.15) is 4.98 Å². The zero-order valence-electron chi connectivity index (χ0n) is 11.6. The highest BCUT2D eigenvalue weighted by Gasteiger charge is 2.43. The molecule has 102 valence electrons. The first-order valence-electron chi connectivity index (χ1n) is 7.21. The predicted octanol–water partition coefficient (Wildman–Crippen LogP) is 2.82. The quantitative estimate of drug-likeness (QED) is 0.771. The molecule has 1 unspecified atom stereocenters. The van der Waals surface area contributed by atoms with Crippen LogP contribution in [0, 0.1) is 5.92 Å². The first kappa shape index (κ1) is 13.5. The molecular weight excluding hydrogens is 226 g/mol. The minimum absolute atomic E-state index is 0.210. The molecule has 1 aliphatic carbocycles. The highest BCUT2D eigenvalue weighted by molar-refractivity contribution is 5.14. The molecular formula is C14H25N3O. The number of rotatable bonds is 8. The van der Waals surface area contributed by atoms with E-state index in [0.29, 0.717) is 5.92 Å². The summed E-state index contributed by atoms with van der Waals surface area (Å²) in [5.41, 5.74) is 5.86. The van der Waals surface area contributed by atoms with Gasteiger partial charge in [-0.25, -0.2) is 0 Å². The minimum Gasteiger partial charge on any atom is -0.339 e. The van der Waals surface area contributed by atoms with Gasteiger partial charge in [0, 0.05) is 11.8 Å². The SMILES string of the molecule is CCCC(CCN)CCc1nc(C2(C)CC2)no1. The Hall–Kier alpha value is -0.900. The van der Waals surface area contributed by atoms with Crippen LogP contribution >= 0.6 is 0 Å². The van der Waals surface area contributed by atoms with Crippen molar-refractivity contribution in [1.29, 1.82) is 0 Å². The van der Waals surface area contributed by atoms with Crippen LogP contribution in [-0.2, 0) is 11.8 Å². The Kier molecular flexibility index (Phi) is 4.38. The van der Waals surface area contributed by atoms with Gasteiger partial charge in [-0.05, 0) is 38.1 Å². The third kappa shape index (κ3) is 3.31. The fraction of sp³-hybridized carbons (Fsp3) is 0.857. The average Bonchev–Trinajstić information content (AvgIpc) is 2.93. The normalized spacial score (nSPS) is 18.8. The molecule has 0 saturated heterocycles. The van der Waals surface area contributed by atoms with Crippen molar-refractivity contribution in [2.45, 2.75) is 64.2 Å². The molecule has 0 aromatic carbocycles. The van der Waals surface area contributed by atoms with Gasteiger partial charge in [0.1, 0.15) is 0 Å². The molecule has 0 radical (unpaired) electrons. The fourth-order valence-corrected chi connectivity index (χ4v) is 2.42. The zero-order chi connectivity index (χ0) is 13.0. The molecule has 1 fully saturated rings.